The summed E-state index contributed by atoms with van der Waals surface area (Å²) in [6.07, 6.45) is -0.232. The molecule has 0 spiro atoms. The van der Waals surface area contributed by atoms with Crippen LogP contribution in [0, 0.1) is 10.8 Å². The normalized spacial score (nSPS) is 37.5. The first kappa shape index (κ1) is 10.3. The SMILES string of the molecule is COC(=O)C12CC(C(F)(F)C(=O)O)(C1)C2. The molecule has 6 heteroatoms. The van der Waals surface area contributed by atoms with Gasteiger partial charge in [-0.05, 0) is 19.3 Å². The zero-order chi connectivity index (χ0) is 11.5. The highest BCUT2D eigenvalue weighted by Crippen LogP contribution is 2.78. The van der Waals surface area contributed by atoms with E-state index in [9.17, 15) is 18.4 Å². The Bertz CT molecular complexity index is 330. The van der Waals surface area contributed by atoms with Gasteiger partial charge in [0, 0.05) is 5.41 Å². The number of esters is 1. The first-order chi connectivity index (χ1) is 6.80. The summed E-state index contributed by atoms with van der Waals surface area (Å²) in [5.41, 5.74) is -2.33. The number of rotatable bonds is 3. The predicted molar refractivity (Wildman–Crippen MR) is 43.3 cm³/mol. The molecule has 0 amide bonds. The van der Waals surface area contributed by atoms with Crippen molar-refractivity contribution in [1.82, 2.24) is 0 Å². The minimum atomic E-state index is -3.73. The second-order valence-electron chi connectivity index (χ2n) is 4.46. The number of carbonyl (C=O) groups excluding carboxylic acids is 1. The Labute approximate surface area is 84.2 Å². The van der Waals surface area contributed by atoms with Crippen LogP contribution in [0.4, 0.5) is 8.78 Å². The highest BCUT2D eigenvalue weighted by atomic mass is 19.3. The number of carboxylic acids is 1. The van der Waals surface area contributed by atoms with Crippen LogP contribution in [0.25, 0.3) is 0 Å². The average Bonchev–Trinajstić information content (AvgIpc) is 1.98. The number of methoxy groups -OCH3 is 1. The first-order valence-electron chi connectivity index (χ1n) is 4.49. The third-order valence-electron chi connectivity index (χ3n) is 3.58. The molecule has 1 N–H and O–H groups in total. The van der Waals surface area contributed by atoms with Gasteiger partial charge in [-0.25, -0.2) is 4.79 Å². The van der Waals surface area contributed by atoms with Gasteiger partial charge in [-0.2, -0.15) is 8.78 Å². The summed E-state index contributed by atoms with van der Waals surface area (Å²) in [4.78, 5) is 21.5. The van der Waals surface area contributed by atoms with Gasteiger partial charge >= 0.3 is 17.9 Å². The standard InChI is InChI=1S/C9H10F2O4/c1-15-6(14)7-2-8(3-7,4-7)9(10,11)5(12)13/h2-4H2,1H3,(H,12,13). The van der Waals surface area contributed by atoms with Crippen molar-refractivity contribution in [3.8, 4) is 0 Å². The van der Waals surface area contributed by atoms with E-state index < -0.39 is 28.7 Å². The number of ether oxygens (including phenoxy) is 1. The van der Waals surface area contributed by atoms with E-state index in [1.807, 2.05) is 0 Å². The van der Waals surface area contributed by atoms with Gasteiger partial charge in [0.1, 0.15) is 0 Å². The molecule has 3 aliphatic rings. The van der Waals surface area contributed by atoms with Crippen LogP contribution >= 0.6 is 0 Å². The summed E-state index contributed by atoms with van der Waals surface area (Å²) in [6, 6.07) is 0. The summed E-state index contributed by atoms with van der Waals surface area (Å²) in [5.74, 6) is -6.35. The summed E-state index contributed by atoms with van der Waals surface area (Å²) in [7, 11) is 1.20. The van der Waals surface area contributed by atoms with Crippen molar-refractivity contribution in [1.29, 1.82) is 0 Å². The molecular weight excluding hydrogens is 210 g/mol. The molecule has 0 aromatic carbocycles. The van der Waals surface area contributed by atoms with Crippen LogP contribution in [0.5, 0.6) is 0 Å². The molecule has 0 aromatic rings. The second-order valence-corrected chi connectivity index (χ2v) is 4.46. The average molecular weight is 220 g/mol. The zero-order valence-corrected chi connectivity index (χ0v) is 8.05. The van der Waals surface area contributed by atoms with Gasteiger partial charge in [-0.15, -0.1) is 0 Å². The van der Waals surface area contributed by atoms with Crippen molar-refractivity contribution >= 4 is 11.9 Å². The Morgan fingerprint density at radius 3 is 2.13 bits per heavy atom. The molecule has 0 aromatic heterocycles. The van der Waals surface area contributed by atoms with E-state index in [1.165, 1.54) is 7.11 Å². The van der Waals surface area contributed by atoms with Gasteiger partial charge in [0.25, 0.3) is 0 Å². The molecular formula is C9H10F2O4. The summed E-state index contributed by atoms with van der Waals surface area (Å²) < 4.78 is 30.9. The van der Waals surface area contributed by atoms with Crippen LogP contribution in [-0.2, 0) is 14.3 Å². The van der Waals surface area contributed by atoms with Crippen LogP contribution in [0.15, 0.2) is 0 Å². The molecule has 3 fully saturated rings. The molecule has 0 atom stereocenters. The highest BCUT2D eigenvalue weighted by Gasteiger charge is 2.82. The largest absolute Gasteiger partial charge is 0.477 e. The molecule has 2 bridgehead atoms. The van der Waals surface area contributed by atoms with Crippen LogP contribution in [0.1, 0.15) is 19.3 Å². The quantitative estimate of drug-likeness (QED) is 0.722. The molecule has 3 saturated carbocycles. The van der Waals surface area contributed by atoms with E-state index in [1.54, 1.807) is 0 Å². The van der Waals surface area contributed by atoms with E-state index in [-0.39, 0.29) is 19.3 Å². The number of alkyl halides is 2. The number of carboxylic acid groups (broad SMARTS) is 1. The van der Waals surface area contributed by atoms with Crippen molar-refractivity contribution in [2.75, 3.05) is 7.11 Å². The lowest BCUT2D eigenvalue weighted by molar-refractivity contribution is -0.303. The number of hydrogen-bond donors (Lipinski definition) is 1. The molecule has 0 unspecified atom stereocenters. The molecule has 3 aliphatic carbocycles. The first-order valence-corrected chi connectivity index (χ1v) is 4.49. The number of carbonyl (C=O) groups is 2. The van der Waals surface area contributed by atoms with E-state index in [0.29, 0.717) is 0 Å². The van der Waals surface area contributed by atoms with Gasteiger partial charge in [0.15, 0.2) is 0 Å². The molecule has 84 valence electrons. The minimum Gasteiger partial charge on any atom is -0.477 e. The van der Waals surface area contributed by atoms with E-state index in [2.05, 4.69) is 4.74 Å². The smallest absolute Gasteiger partial charge is 0.375 e. The Hall–Kier alpha value is -1.20. The van der Waals surface area contributed by atoms with Crippen molar-refractivity contribution < 1.29 is 28.2 Å². The van der Waals surface area contributed by atoms with Gasteiger partial charge in [-0.3, -0.25) is 4.79 Å². The van der Waals surface area contributed by atoms with Gasteiger partial charge in [0.05, 0.1) is 12.5 Å². The van der Waals surface area contributed by atoms with Crippen LogP contribution in [0.3, 0.4) is 0 Å². The molecule has 0 heterocycles. The second kappa shape index (κ2) is 2.48. The Morgan fingerprint density at radius 1 is 1.33 bits per heavy atom. The van der Waals surface area contributed by atoms with Crippen LogP contribution in [-0.4, -0.2) is 30.1 Å². The van der Waals surface area contributed by atoms with Gasteiger partial charge in [0.2, 0.25) is 0 Å². The molecule has 3 rings (SSSR count). The lowest BCUT2D eigenvalue weighted by atomic mass is 9.33. The van der Waals surface area contributed by atoms with E-state index in [0.717, 1.165) is 0 Å². The third kappa shape index (κ3) is 0.943. The van der Waals surface area contributed by atoms with Crippen LogP contribution in [0.2, 0.25) is 0 Å². The van der Waals surface area contributed by atoms with Crippen molar-refractivity contribution in [3.05, 3.63) is 0 Å². The summed E-state index contributed by atoms with van der Waals surface area (Å²) in [6.45, 7) is 0. The number of aliphatic carboxylic acids is 1. The zero-order valence-electron chi connectivity index (χ0n) is 8.05. The highest BCUT2D eigenvalue weighted by molar-refractivity contribution is 5.85. The van der Waals surface area contributed by atoms with Gasteiger partial charge in [-0.1, -0.05) is 0 Å². The number of hydrogen-bond acceptors (Lipinski definition) is 3. The van der Waals surface area contributed by atoms with Crippen molar-refractivity contribution in [2.45, 2.75) is 25.2 Å². The maximum absolute atomic E-state index is 13.2. The lowest BCUT2D eigenvalue weighted by Crippen LogP contribution is -2.73. The predicted octanol–water partition coefficient (Wildman–Crippen LogP) is 1.05. The molecule has 0 aliphatic heterocycles. The van der Waals surface area contributed by atoms with E-state index in [4.69, 9.17) is 5.11 Å². The molecule has 0 radical (unpaired) electrons. The fourth-order valence-corrected chi connectivity index (χ4v) is 2.78. The van der Waals surface area contributed by atoms with E-state index >= 15 is 0 Å². The summed E-state index contributed by atoms with van der Waals surface area (Å²) >= 11 is 0. The van der Waals surface area contributed by atoms with Crippen molar-refractivity contribution in [3.63, 3.8) is 0 Å². The third-order valence-corrected chi connectivity index (χ3v) is 3.58. The molecule has 0 saturated heterocycles. The molecule has 4 nitrogen and oxygen atoms in total. The number of halogens is 2. The maximum Gasteiger partial charge on any atom is 0.375 e. The Balaban J connectivity index is 2.10. The Kier molecular flexibility index (Phi) is 1.71. The Morgan fingerprint density at radius 2 is 1.80 bits per heavy atom. The lowest BCUT2D eigenvalue weighted by Gasteiger charge is -2.69. The summed E-state index contributed by atoms with van der Waals surface area (Å²) in [5, 5.41) is 8.38. The maximum atomic E-state index is 13.2. The van der Waals surface area contributed by atoms with Crippen LogP contribution < -0.4 is 0 Å². The molecule has 15 heavy (non-hydrogen) atoms. The topological polar surface area (TPSA) is 63.6 Å². The fraction of sp³-hybridized carbons (Fsp3) is 0.778. The fourth-order valence-electron chi connectivity index (χ4n) is 2.78. The monoisotopic (exact) mass is 220 g/mol. The van der Waals surface area contributed by atoms with Gasteiger partial charge < -0.3 is 9.84 Å². The van der Waals surface area contributed by atoms with Crippen molar-refractivity contribution in [2.24, 2.45) is 10.8 Å². The minimum absolute atomic E-state index is 0.0774.